The first kappa shape index (κ1) is 30.0. The van der Waals surface area contributed by atoms with E-state index in [0.29, 0.717) is 18.7 Å². The van der Waals surface area contributed by atoms with E-state index in [1.54, 1.807) is 6.07 Å². The molecule has 0 bridgehead atoms. The molecule has 1 aliphatic rings. The number of methoxy groups -OCH3 is 1. The van der Waals surface area contributed by atoms with Crippen molar-refractivity contribution in [1.29, 1.82) is 0 Å². The Balaban J connectivity index is 1.43. The molecule has 2 N–H and O–H groups in total. The number of nitrogens with zero attached hydrogens (tertiary/aromatic N) is 3. The van der Waals surface area contributed by atoms with Gasteiger partial charge < -0.3 is 15.0 Å². The van der Waals surface area contributed by atoms with Crippen LogP contribution in [0.1, 0.15) is 48.0 Å². The van der Waals surface area contributed by atoms with Crippen molar-refractivity contribution in [3.8, 4) is 11.8 Å². The minimum atomic E-state index is -3.80. The molecule has 0 radical (unpaired) electrons. The molecule has 4 rings (SSSR count). The fraction of sp³-hybridized carbons (Fsp3) is 0.367. The van der Waals surface area contributed by atoms with Crippen molar-refractivity contribution in [2.75, 3.05) is 38.2 Å². The van der Waals surface area contributed by atoms with Crippen LogP contribution in [0, 0.1) is 18.8 Å². The molecular weight excluding hydrogens is 542 g/mol. The maximum absolute atomic E-state index is 12.8. The second-order valence-corrected chi connectivity index (χ2v) is 11.9. The smallest absolute Gasteiger partial charge is 0.323 e. The molecule has 0 aliphatic carbocycles. The van der Waals surface area contributed by atoms with Gasteiger partial charge in [0.1, 0.15) is 6.04 Å². The maximum Gasteiger partial charge on any atom is 0.323 e. The molecule has 1 atom stereocenters. The molecule has 216 valence electrons. The summed E-state index contributed by atoms with van der Waals surface area (Å²) in [4.78, 5) is 31.0. The minimum Gasteiger partial charge on any atom is -0.468 e. The first-order valence-electron chi connectivity index (χ1n) is 13.4. The molecule has 1 saturated heterocycles. The predicted octanol–water partition coefficient (Wildman–Crippen LogP) is 2.60. The number of carbonyl (C=O) groups is 2. The molecule has 3 aromatic rings. The van der Waals surface area contributed by atoms with Crippen molar-refractivity contribution < 1.29 is 22.7 Å². The Kier molecular flexibility index (Phi) is 9.28. The van der Waals surface area contributed by atoms with Crippen LogP contribution >= 0.6 is 0 Å². The third kappa shape index (κ3) is 7.41. The van der Waals surface area contributed by atoms with Gasteiger partial charge in [0.2, 0.25) is 0 Å². The van der Waals surface area contributed by atoms with Crippen LogP contribution < -0.4 is 14.9 Å². The van der Waals surface area contributed by atoms with Crippen LogP contribution in [0.5, 0.6) is 0 Å². The maximum atomic E-state index is 12.8. The number of rotatable bonds is 7. The van der Waals surface area contributed by atoms with Crippen molar-refractivity contribution in [1.82, 2.24) is 19.3 Å². The molecule has 1 aliphatic heterocycles. The Morgan fingerprint density at radius 2 is 1.59 bits per heavy atom. The number of aryl methyl sites for hydroxylation is 1. The van der Waals surface area contributed by atoms with Crippen LogP contribution in [0.15, 0.2) is 48.5 Å². The average molecular weight is 578 g/mol. The van der Waals surface area contributed by atoms with Crippen LogP contribution in [0.2, 0.25) is 0 Å². The third-order valence-corrected chi connectivity index (χ3v) is 8.34. The molecular formula is C30H35N5O5S. The van der Waals surface area contributed by atoms with E-state index in [0.717, 1.165) is 33.4 Å². The van der Waals surface area contributed by atoms with Crippen LogP contribution in [-0.2, 0) is 19.7 Å². The summed E-state index contributed by atoms with van der Waals surface area (Å²) in [6.45, 7) is 8.77. The van der Waals surface area contributed by atoms with Gasteiger partial charge in [-0.3, -0.25) is 14.6 Å². The van der Waals surface area contributed by atoms with Gasteiger partial charge in [0.05, 0.1) is 18.2 Å². The number of carbonyl (C=O) groups excluding carboxylic acids is 2. The lowest BCUT2D eigenvalue weighted by molar-refractivity contribution is -0.142. The number of amides is 1. The van der Waals surface area contributed by atoms with Gasteiger partial charge >= 0.3 is 5.97 Å². The fourth-order valence-electron chi connectivity index (χ4n) is 4.57. The van der Waals surface area contributed by atoms with Gasteiger partial charge in [-0.05, 0) is 76.2 Å². The van der Waals surface area contributed by atoms with E-state index in [9.17, 15) is 18.0 Å². The Bertz CT molecular complexity index is 1600. The Morgan fingerprint density at radius 3 is 2.22 bits per heavy atom. The van der Waals surface area contributed by atoms with E-state index < -0.39 is 22.2 Å². The summed E-state index contributed by atoms with van der Waals surface area (Å²) in [6.07, 6.45) is 0. The second-order valence-electron chi connectivity index (χ2n) is 10.2. The molecule has 11 heteroatoms. The monoisotopic (exact) mass is 577 g/mol. The Morgan fingerprint density at radius 1 is 0.951 bits per heavy atom. The largest absolute Gasteiger partial charge is 0.468 e. The van der Waals surface area contributed by atoms with Gasteiger partial charge in [0.15, 0.2) is 0 Å². The highest BCUT2D eigenvalue weighted by Crippen LogP contribution is 2.21. The van der Waals surface area contributed by atoms with Gasteiger partial charge in [-0.2, -0.15) is 17.4 Å². The first-order valence-corrected chi connectivity index (χ1v) is 14.9. The van der Waals surface area contributed by atoms with Gasteiger partial charge in [0.25, 0.3) is 16.1 Å². The highest BCUT2D eigenvalue weighted by Gasteiger charge is 2.30. The molecule has 2 heterocycles. The lowest BCUT2D eigenvalue weighted by Crippen LogP contribution is -2.54. The topological polar surface area (TPSA) is 121 Å². The van der Waals surface area contributed by atoms with Crippen LogP contribution in [0.25, 0.3) is 10.9 Å². The van der Waals surface area contributed by atoms with E-state index in [1.165, 1.54) is 18.3 Å². The number of hydrogen-bond acceptors (Lipinski definition) is 7. The molecule has 1 amide bonds. The summed E-state index contributed by atoms with van der Waals surface area (Å²) in [5, 5.41) is 3.71. The van der Waals surface area contributed by atoms with Gasteiger partial charge in [-0.1, -0.05) is 11.8 Å². The summed E-state index contributed by atoms with van der Waals surface area (Å²) in [5.41, 5.74) is 4.68. The summed E-state index contributed by atoms with van der Waals surface area (Å²) in [5.74, 6) is 5.60. The Labute approximate surface area is 241 Å². The number of benzene rings is 2. The number of aromatic nitrogens is 1. The molecule has 10 nitrogen and oxygen atoms in total. The van der Waals surface area contributed by atoms with Crippen molar-refractivity contribution in [3.05, 3.63) is 70.9 Å². The lowest BCUT2D eigenvalue weighted by atomic mass is 10.0. The quantitative estimate of drug-likeness (QED) is 0.327. The third-order valence-electron chi connectivity index (χ3n) is 6.64. The van der Waals surface area contributed by atoms with Gasteiger partial charge in [0, 0.05) is 60.1 Å². The summed E-state index contributed by atoms with van der Waals surface area (Å²) in [6, 6.07) is 14.3. The molecule has 1 aromatic heterocycles. The molecule has 0 spiro atoms. The number of nitrogens with one attached hydrogen (secondary N) is 2. The van der Waals surface area contributed by atoms with E-state index in [4.69, 9.17) is 0 Å². The normalized spacial score (nSPS) is 14.8. The number of fused-ring (bicyclic) bond motifs is 1. The lowest BCUT2D eigenvalue weighted by Gasteiger charge is -2.35. The number of hydrogen-bond donors (Lipinski definition) is 2. The number of pyridine rings is 1. The molecule has 2 aromatic carbocycles. The molecule has 41 heavy (non-hydrogen) atoms. The van der Waals surface area contributed by atoms with E-state index >= 15 is 0 Å². The Hall–Kier alpha value is -3.98. The van der Waals surface area contributed by atoms with Crippen molar-refractivity contribution in [2.45, 2.75) is 39.8 Å². The first-order chi connectivity index (χ1) is 19.5. The van der Waals surface area contributed by atoms with Gasteiger partial charge in [-0.25, -0.2) is 0 Å². The SMILES string of the molecule is COC(=O)[C@H](C)NS(=O)(=O)N1CCN(c2ccc(C#Cc3ccc4nc(C)cc(C(=O)NC(C)C)c4c3)cc2)CC1. The highest BCUT2D eigenvalue weighted by molar-refractivity contribution is 7.87. The fourth-order valence-corrected chi connectivity index (χ4v) is 5.91. The van der Waals surface area contributed by atoms with Gasteiger partial charge in [-0.15, -0.1) is 0 Å². The molecule has 0 unspecified atom stereocenters. The van der Waals surface area contributed by atoms with Crippen molar-refractivity contribution in [2.24, 2.45) is 0 Å². The van der Waals surface area contributed by atoms with Crippen LogP contribution in [-0.4, -0.2) is 75.0 Å². The summed E-state index contributed by atoms with van der Waals surface area (Å²) >= 11 is 0. The van der Waals surface area contributed by atoms with Crippen molar-refractivity contribution >= 4 is 38.7 Å². The van der Waals surface area contributed by atoms with E-state index in [1.807, 2.05) is 63.2 Å². The standard InChI is InChI=1S/C30H35N5O5S/c1-20(2)31-29(36)27-18-21(3)32-28-13-10-24(19-26(27)28)7-6-23-8-11-25(12-9-23)34-14-16-35(17-15-34)41(38,39)33-22(4)30(37)40-5/h8-13,18-20,22,33H,14-17H2,1-5H3,(H,31,36)/t22-/m0/s1. The van der Waals surface area contributed by atoms with Crippen molar-refractivity contribution in [3.63, 3.8) is 0 Å². The highest BCUT2D eigenvalue weighted by atomic mass is 32.2. The molecule has 1 fully saturated rings. The number of esters is 1. The van der Waals surface area contributed by atoms with Crippen LogP contribution in [0.3, 0.4) is 0 Å². The van der Waals surface area contributed by atoms with Crippen LogP contribution in [0.4, 0.5) is 5.69 Å². The number of piperazine rings is 1. The predicted molar refractivity (Wildman–Crippen MR) is 159 cm³/mol. The zero-order valence-electron chi connectivity index (χ0n) is 23.9. The zero-order chi connectivity index (χ0) is 29.7. The number of anilines is 1. The number of ether oxygens (including phenoxy) is 1. The van der Waals surface area contributed by atoms with E-state index in [-0.39, 0.29) is 25.0 Å². The minimum absolute atomic E-state index is 0.0211. The second kappa shape index (κ2) is 12.7. The summed E-state index contributed by atoms with van der Waals surface area (Å²) < 4.78 is 33.5. The molecule has 0 saturated carbocycles. The van der Waals surface area contributed by atoms with E-state index in [2.05, 4.69) is 36.5 Å². The average Bonchev–Trinajstić information content (AvgIpc) is 2.95. The zero-order valence-corrected chi connectivity index (χ0v) is 24.7. The summed E-state index contributed by atoms with van der Waals surface area (Å²) in [7, 11) is -2.58.